The molecule has 1 N–H and O–H groups in total. The number of hydrogen-bond acceptors (Lipinski definition) is 4. The summed E-state index contributed by atoms with van der Waals surface area (Å²) in [5.74, 6) is 0.316. The van der Waals surface area contributed by atoms with Gasteiger partial charge in [-0.25, -0.2) is 9.37 Å². The number of rotatable bonds is 2. The third-order valence-corrected chi connectivity index (χ3v) is 3.76. The highest BCUT2D eigenvalue weighted by Crippen LogP contribution is 2.45. The highest BCUT2D eigenvalue weighted by Gasteiger charge is 2.47. The number of nitrogens with zero attached hydrogens (tertiary/aromatic N) is 2. The van der Waals surface area contributed by atoms with Crippen LogP contribution in [0.4, 0.5) is 4.39 Å². The first kappa shape index (κ1) is 10.9. The van der Waals surface area contributed by atoms with Crippen LogP contribution in [0.3, 0.4) is 0 Å². The van der Waals surface area contributed by atoms with E-state index in [2.05, 4.69) is 15.3 Å². The highest BCUT2D eigenvalue weighted by molar-refractivity contribution is 5.26. The molecule has 0 radical (unpaired) electrons. The quantitative estimate of drug-likeness (QED) is 0.848. The lowest BCUT2D eigenvalue weighted by Gasteiger charge is -2.34. The summed E-state index contributed by atoms with van der Waals surface area (Å²) < 4.78 is 20.2. The van der Waals surface area contributed by atoms with Crippen LogP contribution >= 0.6 is 0 Å². The number of piperidine rings is 1. The van der Waals surface area contributed by atoms with Crippen LogP contribution in [0.5, 0.6) is 5.88 Å². The van der Waals surface area contributed by atoms with Gasteiger partial charge in [0.2, 0.25) is 5.88 Å². The topological polar surface area (TPSA) is 47.0 Å². The minimum absolute atomic E-state index is 0.269. The summed E-state index contributed by atoms with van der Waals surface area (Å²) >= 11 is 0. The van der Waals surface area contributed by atoms with Gasteiger partial charge in [-0.2, -0.15) is 0 Å². The molecular formula is C12H16FN3O. The third-order valence-electron chi connectivity index (χ3n) is 3.76. The van der Waals surface area contributed by atoms with Gasteiger partial charge in [-0.3, -0.25) is 4.98 Å². The normalized spacial score (nSPS) is 35.9. The molecule has 2 aliphatic rings. The van der Waals surface area contributed by atoms with Crippen molar-refractivity contribution in [2.24, 2.45) is 0 Å². The molecule has 3 heterocycles. The van der Waals surface area contributed by atoms with E-state index >= 15 is 4.39 Å². The summed E-state index contributed by atoms with van der Waals surface area (Å²) in [5, 5.41) is 3.42. The number of fused-ring (bicyclic) bond motifs is 2. The van der Waals surface area contributed by atoms with Crippen molar-refractivity contribution in [1.29, 1.82) is 0 Å². The average molecular weight is 237 g/mol. The van der Waals surface area contributed by atoms with Crippen molar-refractivity contribution >= 4 is 0 Å². The van der Waals surface area contributed by atoms with Crippen LogP contribution in [0.1, 0.15) is 31.4 Å². The fourth-order valence-corrected chi connectivity index (χ4v) is 3.06. The zero-order valence-corrected chi connectivity index (χ0v) is 9.82. The smallest absolute Gasteiger partial charge is 0.238 e. The summed E-state index contributed by atoms with van der Waals surface area (Å²) in [4.78, 5) is 8.19. The molecule has 2 fully saturated rings. The van der Waals surface area contributed by atoms with Gasteiger partial charge in [0.1, 0.15) is 5.69 Å². The first-order valence-electron chi connectivity index (χ1n) is 6.02. The molecule has 2 aliphatic heterocycles. The van der Waals surface area contributed by atoms with Crippen LogP contribution < -0.4 is 10.1 Å². The van der Waals surface area contributed by atoms with E-state index in [1.54, 1.807) is 0 Å². The molecule has 2 saturated heterocycles. The molecule has 17 heavy (non-hydrogen) atoms. The van der Waals surface area contributed by atoms with E-state index in [-0.39, 0.29) is 12.1 Å². The van der Waals surface area contributed by atoms with Crippen molar-refractivity contribution in [1.82, 2.24) is 15.3 Å². The van der Waals surface area contributed by atoms with E-state index in [0.717, 1.165) is 12.8 Å². The highest BCUT2D eigenvalue weighted by atomic mass is 19.1. The Hall–Kier alpha value is -1.23. The standard InChI is InChI=1S/C12H16FN3O/c1-17-11-10(14-4-5-15-11)12(13)6-8-2-3-9(7-12)16-8/h4-5,8-9,16H,2-3,6-7H2,1H3. The first-order chi connectivity index (χ1) is 8.21. The fourth-order valence-electron chi connectivity index (χ4n) is 3.06. The van der Waals surface area contributed by atoms with Crippen LogP contribution in [-0.4, -0.2) is 29.2 Å². The second-order valence-corrected chi connectivity index (χ2v) is 4.93. The third kappa shape index (κ3) is 1.78. The summed E-state index contributed by atoms with van der Waals surface area (Å²) in [6, 6.07) is 0.538. The lowest BCUT2D eigenvalue weighted by atomic mass is 9.86. The summed E-state index contributed by atoms with van der Waals surface area (Å²) in [5.41, 5.74) is -1.03. The van der Waals surface area contributed by atoms with Gasteiger partial charge in [-0.05, 0) is 12.8 Å². The number of ether oxygens (including phenoxy) is 1. The minimum Gasteiger partial charge on any atom is -0.480 e. The molecule has 2 unspecified atom stereocenters. The zero-order valence-electron chi connectivity index (χ0n) is 9.82. The molecule has 2 bridgehead atoms. The van der Waals surface area contributed by atoms with Crippen LogP contribution in [0, 0.1) is 0 Å². The minimum atomic E-state index is -1.39. The van der Waals surface area contributed by atoms with E-state index in [4.69, 9.17) is 4.74 Å². The van der Waals surface area contributed by atoms with E-state index in [9.17, 15) is 0 Å². The molecule has 0 aromatic carbocycles. The molecule has 3 rings (SSSR count). The monoisotopic (exact) mass is 237 g/mol. The average Bonchev–Trinajstić information content (AvgIpc) is 2.69. The molecule has 0 amide bonds. The van der Waals surface area contributed by atoms with Crippen LogP contribution in [0.25, 0.3) is 0 Å². The molecule has 2 atom stereocenters. The van der Waals surface area contributed by atoms with Crippen LogP contribution in [-0.2, 0) is 5.67 Å². The number of alkyl halides is 1. The molecule has 1 aromatic heterocycles. The maximum Gasteiger partial charge on any atom is 0.238 e. The van der Waals surface area contributed by atoms with E-state index < -0.39 is 5.67 Å². The number of nitrogens with one attached hydrogen (secondary N) is 1. The van der Waals surface area contributed by atoms with Gasteiger partial charge in [0.05, 0.1) is 7.11 Å². The van der Waals surface area contributed by atoms with Crippen molar-refractivity contribution < 1.29 is 9.13 Å². The Labute approximate surface area is 99.6 Å². The molecule has 1 aromatic rings. The van der Waals surface area contributed by atoms with Gasteiger partial charge in [-0.15, -0.1) is 0 Å². The largest absolute Gasteiger partial charge is 0.480 e. The lowest BCUT2D eigenvalue weighted by molar-refractivity contribution is 0.0785. The summed E-state index contributed by atoms with van der Waals surface area (Å²) in [6.07, 6.45) is 6.11. The van der Waals surface area contributed by atoms with Crippen molar-refractivity contribution in [2.45, 2.75) is 43.4 Å². The van der Waals surface area contributed by atoms with Crippen molar-refractivity contribution in [2.75, 3.05) is 7.11 Å². The second kappa shape index (κ2) is 3.91. The van der Waals surface area contributed by atoms with Crippen molar-refractivity contribution in [3.63, 3.8) is 0 Å². The van der Waals surface area contributed by atoms with Gasteiger partial charge in [-0.1, -0.05) is 0 Å². The van der Waals surface area contributed by atoms with Gasteiger partial charge < -0.3 is 10.1 Å². The molecule has 0 spiro atoms. The lowest BCUT2D eigenvalue weighted by Crippen LogP contribution is -2.45. The maximum atomic E-state index is 15.1. The second-order valence-electron chi connectivity index (χ2n) is 4.93. The number of hydrogen-bond donors (Lipinski definition) is 1. The molecule has 5 heteroatoms. The SMILES string of the molecule is COc1nccnc1C1(F)CC2CCC(C1)N2. The number of halogens is 1. The van der Waals surface area contributed by atoms with E-state index in [1.165, 1.54) is 19.5 Å². The predicted octanol–water partition coefficient (Wildman–Crippen LogP) is 1.56. The molecule has 0 aliphatic carbocycles. The Bertz CT molecular complexity index is 414. The molecule has 4 nitrogen and oxygen atoms in total. The van der Waals surface area contributed by atoms with Gasteiger partial charge in [0.25, 0.3) is 0 Å². The zero-order chi connectivity index (χ0) is 11.9. The Balaban J connectivity index is 1.96. The predicted molar refractivity (Wildman–Crippen MR) is 60.5 cm³/mol. The van der Waals surface area contributed by atoms with Crippen molar-refractivity contribution in [3.8, 4) is 5.88 Å². The number of methoxy groups -OCH3 is 1. The Morgan fingerprint density at radius 3 is 2.59 bits per heavy atom. The maximum absolute atomic E-state index is 15.1. The van der Waals surface area contributed by atoms with E-state index in [1.807, 2.05) is 0 Å². The molecule has 0 saturated carbocycles. The fraction of sp³-hybridized carbons (Fsp3) is 0.667. The summed E-state index contributed by atoms with van der Waals surface area (Å²) in [7, 11) is 1.51. The summed E-state index contributed by atoms with van der Waals surface area (Å²) in [6.45, 7) is 0. The van der Waals surface area contributed by atoms with Crippen LogP contribution in [0.2, 0.25) is 0 Å². The Morgan fingerprint density at radius 2 is 1.94 bits per heavy atom. The number of aromatic nitrogens is 2. The van der Waals surface area contributed by atoms with Crippen LogP contribution in [0.15, 0.2) is 12.4 Å². The Morgan fingerprint density at radius 1 is 1.29 bits per heavy atom. The Kier molecular flexibility index (Phi) is 2.50. The van der Waals surface area contributed by atoms with E-state index in [0.29, 0.717) is 24.4 Å². The molecular weight excluding hydrogens is 221 g/mol. The van der Waals surface area contributed by atoms with Crippen molar-refractivity contribution in [3.05, 3.63) is 18.1 Å². The van der Waals surface area contributed by atoms with Gasteiger partial charge >= 0.3 is 0 Å². The van der Waals surface area contributed by atoms with Gasteiger partial charge in [0, 0.05) is 37.3 Å². The molecule has 92 valence electrons. The van der Waals surface area contributed by atoms with Gasteiger partial charge in [0.15, 0.2) is 5.67 Å². The first-order valence-corrected chi connectivity index (χ1v) is 6.02.